The predicted octanol–water partition coefficient (Wildman–Crippen LogP) is 8.32. The Morgan fingerprint density at radius 2 is 1.51 bits per heavy atom. The molecular formula is C32H48O3. The Bertz CT molecular complexity index is 852. The van der Waals surface area contributed by atoms with Gasteiger partial charge in [-0.1, -0.05) is 85.4 Å². The zero-order valence-electron chi connectivity index (χ0n) is 23.3. The van der Waals surface area contributed by atoms with Crippen molar-refractivity contribution in [3.63, 3.8) is 0 Å². The molecule has 0 aliphatic heterocycles. The van der Waals surface area contributed by atoms with Gasteiger partial charge in [0.25, 0.3) is 0 Å². The normalized spacial score (nSPS) is 21.3. The number of aryl methyl sites for hydroxylation is 2. The Balaban J connectivity index is 0.000000642. The van der Waals surface area contributed by atoms with Crippen LogP contribution in [-0.2, 0) is 14.4 Å². The molecule has 1 aliphatic rings. The Morgan fingerprint density at radius 3 is 2.03 bits per heavy atom. The minimum absolute atomic E-state index is 0.0498. The van der Waals surface area contributed by atoms with Crippen molar-refractivity contribution in [3.8, 4) is 0 Å². The lowest BCUT2D eigenvalue weighted by Gasteiger charge is -2.29. The lowest BCUT2D eigenvalue weighted by Crippen LogP contribution is -2.27. The molecule has 0 heterocycles. The van der Waals surface area contributed by atoms with Gasteiger partial charge in [-0.15, -0.1) is 0 Å². The molecule has 0 N–H and O–H groups in total. The van der Waals surface area contributed by atoms with Gasteiger partial charge in [-0.3, -0.25) is 14.4 Å². The summed E-state index contributed by atoms with van der Waals surface area (Å²) < 4.78 is 0. The number of benzene rings is 1. The first kappa shape index (κ1) is 30.7. The summed E-state index contributed by atoms with van der Waals surface area (Å²) in [6.07, 6.45) is 11.1. The first-order valence-electron chi connectivity index (χ1n) is 13.5. The maximum atomic E-state index is 12.6. The highest BCUT2D eigenvalue weighted by atomic mass is 16.1. The van der Waals surface area contributed by atoms with Crippen molar-refractivity contribution >= 4 is 17.3 Å². The molecular weight excluding hydrogens is 432 g/mol. The molecule has 1 aromatic carbocycles. The average molecular weight is 481 g/mol. The summed E-state index contributed by atoms with van der Waals surface area (Å²) in [5, 5.41) is 0. The minimum atomic E-state index is -0.0578. The standard InChI is InChI=1S/C24H38O3.C8H10/c1-6-8-21(23(7-2)24(27)14-19(5)25)15-20-12-11-17(3)9-10-18(4)13-22(26)16-20;1-7-3-5-8(2)6-4-7/h9-10,20-21,23H,6-8,11-16H2,1-5H3;3-6H,1-2H3/b17-9-,18-10-;. The smallest absolute Gasteiger partial charge is 0.143 e. The summed E-state index contributed by atoms with van der Waals surface area (Å²) in [5.41, 5.74) is 5.12. The van der Waals surface area contributed by atoms with Gasteiger partial charge >= 0.3 is 0 Å². The maximum Gasteiger partial charge on any atom is 0.143 e. The molecule has 3 unspecified atom stereocenters. The number of allylic oxidation sites excluding steroid dienone is 4. The Hall–Kier alpha value is -2.29. The number of rotatable bonds is 9. The third-order valence-corrected chi connectivity index (χ3v) is 6.95. The molecule has 0 amide bonds. The average Bonchev–Trinajstić information content (AvgIpc) is 2.78. The molecule has 0 bridgehead atoms. The van der Waals surface area contributed by atoms with Crippen LogP contribution in [0.3, 0.4) is 0 Å². The van der Waals surface area contributed by atoms with Gasteiger partial charge in [-0.2, -0.15) is 0 Å². The molecule has 3 heteroatoms. The second-order valence-corrected chi connectivity index (χ2v) is 10.6. The molecule has 0 radical (unpaired) electrons. The molecule has 0 saturated carbocycles. The zero-order valence-corrected chi connectivity index (χ0v) is 23.3. The molecule has 0 saturated heterocycles. The molecule has 0 spiro atoms. The van der Waals surface area contributed by atoms with Crippen molar-refractivity contribution in [2.45, 2.75) is 106 Å². The van der Waals surface area contributed by atoms with E-state index in [9.17, 15) is 14.4 Å². The summed E-state index contributed by atoms with van der Waals surface area (Å²) in [4.78, 5) is 36.5. The van der Waals surface area contributed by atoms with Crippen LogP contribution in [0.4, 0.5) is 0 Å². The molecule has 3 nitrogen and oxygen atoms in total. The molecule has 1 aromatic rings. The van der Waals surface area contributed by atoms with Crippen LogP contribution in [0.15, 0.2) is 47.6 Å². The second-order valence-electron chi connectivity index (χ2n) is 10.6. The number of hydrogen-bond acceptors (Lipinski definition) is 3. The number of hydrogen-bond donors (Lipinski definition) is 0. The third kappa shape index (κ3) is 12.8. The Morgan fingerprint density at radius 1 is 0.943 bits per heavy atom. The van der Waals surface area contributed by atoms with E-state index in [0.29, 0.717) is 24.5 Å². The molecule has 0 fully saturated rings. The highest BCUT2D eigenvalue weighted by Gasteiger charge is 2.29. The van der Waals surface area contributed by atoms with E-state index >= 15 is 0 Å². The van der Waals surface area contributed by atoms with Gasteiger partial charge in [-0.05, 0) is 72.1 Å². The van der Waals surface area contributed by atoms with Gasteiger partial charge in [0.15, 0.2) is 0 Å². The first-order chi connectivity index (χ1) is 16.5. The van der Waals surface area contributed by atoms with E-state index in [1.807, 2.05) is 13.8 Å². The summed E-state index contributed by atoms with van der Waals surface area (Å²) in [6.45, 7) is 14.0. The fraction of sp³-hybridized carbons (Fsp3) is 0.594. The Labute approximate surface area is 214 Å². The first-order valence-corrected chi connectivity index (χ1v) is 13.5. The molecule has 1 aliphatic carbocycles. The fourth-order valence-electron chi connectivity index (χ4n) is 4.99. The predicted molar refractivity (Wildman–Crippen MR) is 147 cm³/mol. The van der Waals surface area contributed by atoms with Gasteiger partial charge in [0.2, 0.25) is 0 Å². The highest BCUT2D eigenvalue weighted by Crippen LogP contribution is 2.34. The number of carbonyl (C=O) groups excluding carboxylic acids is 3. The molecule has 0 aromatic heterocycles. The van der Waals surface area contributed by atoms with Crippen LogP contribution in [0.25, 0.3) is 0 Å². The van der Waals surface area contributed by atoms with Crippen molar-refractivity contribution in [1.82, 2.24) is 0 Å². The van der Waals surface area contributed by atoms with Crippen LogP contribution >= 0.6 is 0 Å². The van der Waals surface area contributed by atoms with Crippen molar-refractivity contribution in [1.29, 1.82) is 0 Å². The second kappa shape index (κ2) is 16.4. The minimum Gasteiger partial charge on any atom is -0.300 e. The quantitative estimate of drug-likeness (QED) is 0.334. The molecule has 3 atom stereocenters. The van der Waals surface area contributed by atoms with E-state index in [2.05, 4.69) is 64.1 Å². The van der Waals surface area contributed by atoms with E-state index < -0.39 is 0 Å². The van der Waals surface area contributed by atoms with Crippen LogP contribution < -0.4 is 0 Å². The molecule has 194 valence electrons. The van der Waals surface area contributed by atoms with E-state index in [1.54, 1.807) is 0 Å². The topological polar surface area (TPSA) is 51.2 Å². The highest BCUT2D eigenvalue weighted by molar-refractivity contribution is 5.99. The van der Waals surface area contributed by atoms with Gasteiger partial charge in [0.1, 0.15) is 17.3 Å². The van der Waals surface area contributed by atoms with Gasteiger partial charge < -0.3 is 0 Å². The lowest BCUT2D eigenvalue weighted by molar-refractivity contribution is -0.129. The third-order valence-electron chi connectivity index (χ3n) is 6.95. The molecule has 2 rings (SSSR count). The maximum absolute atomic E-state index is 12.6. The summed E-state index contributed by atoms with van der Waals surface area (Å²) in [7, 11) is 0. The van der Waals surface area contributed by atoms with E-state index in [1.165, 1.54) is 23.6 Å². The summed E-state index contributed by atoms with van der Waals surface area (Å²) in [6, 6.07) is 8.48. The van der Waals surface area contributed by atoms with Crippen molar-refractivity contribution < 1.29 is 14.4 Å². The lowest BCUT2D eigenvalue weighted by atomic mass is 9.75. The van der Waals surface area contributed by atoms with Crippen molar-refractivity contribution in [2.75, 3.05) is 0 Å². The van der Waals surface area contributed by atoms with Gasteiger partial charge in [0.05, 0.1) is 6.42 Å². The van der Waals surface area contributed by atoms with E-state index in [-0.39, 0.29) is 29.8 Å². The van der Waals surface area contributed by atoms with Crippen LogP contribution in [0, 0.1) is 31.6 Å². The SMILES string of the molecule is CCCC(CC1CC/C(C)=C\C=C(\C)CC(=O)C1)C(CC)C(=O)CC(C)=O.Cc1ccc(C)cc1. The van der Waals surface area contributed by atoms with Crippen LogP contribution in [-0.4, -0.2) is 17.3 Å². The largest absolute Gasteiger partial charge is 0.300 e. The van der Waals surface area contributed by atoms with E-state index in [0.717, 1.165) is 44.1 Å². The van der Waals surface area contributed by atoms with Gasteiger partial charge in [0, 0.05) is 18.8 Å². The monoisotopic (exact) mass is 480 g/mol. The van der Waals surface area contributed by atoms with Crippen molar-refractivity contribution in [2.24, 2.45) is 17.8 Å². The summed E-state index contributed by atoms with van der Waals surface area (Å²) in [5.74, 6) is 0.878. The number of carbonyl (C=O) groups is 3. The van der Waals surface area contributed by atoms with Crippen molar-refractivity contribution in [3.05, 3.63) is 58.7 Å². The Kier molecular flexibility index (Phi) is 14.4. The zero-order chi connectivity index (χ0) is 26.4. The van der Waals surface area contributed by atoms with Crippen LogP contribution in [0.1, 0.15) is 104 Å². The number of ketones is 3. The summed E-state index contributed by atoms with van der Waals surface area (Å²) >= 11 is 0. The van der Waals surface area contributed by atoms with Crippen LogP contribution in [0.2, 0.25) is 0 Å². The van der Waals surface area contributed by atoms with Gasteiger partial charge in [-0.25, -0.2) is 0 Å². The van der Waals surface area contributed by atoms with E-state index in [4.69, 9.17) is 0 Å². The van der Waals surface area contributed by atoms with Crippen LogP contribution in [0.5, 0.6) is 0 Å². The number of Topliss-reactive ketones (excluding diaryl/α,β-unsaturated/α-hetero) is 3. The molecule has 35 heavy (non-hydrogen) atoms. The fourth-order valence-corrected chi connectivity index (χ4v) is 4.99.